The van der Waals surface area contributed by atoms with Gasteiger partial charge in [-0.1, -0.05) is 39.7 Å². The molecule has 0 saturated carbocycles. The minimum Gasteiger partial charge on any atom is -0.443 e. The van der Waals surface area contributed by atoms with Crippen molar-refractivity contribution in [1.82, 2.24) is 14.9 Å². The molecule has 1 aliphatic rings. The molecule has 0 N–H and O–H groups in total. The third kappa shape index (κ3) is 4.37. The highest BCUT2D eigenvalue weighted by Gasteiger charge is 2.29. The molecule has 0 unspecified atom stereocenters. The Morgan fingerprint density at radius 2 is 1.91 bits per heavy atom. The number of carbonyl (C=O) groups is 1. The lowest BCUT2D eigenvalue weighted by Crippen LogP contribution is -2.38. The van der Waals surface area contributed by atoms with Gasteiger partial charge in [-0.3, -0.25) is 4.79 Å². The molecule has 0 aliphatic carbocycles. The Kier molecular flexibility index (Phi) is 6.13. The van der Waals surface area contributed by atoms with Crippen LogP contribution < -0.4 is 0 Å². The number of piperidine rings is 1. The van der Waals surface area contributed by atoms with Gasteiger partial charge in [-0.15, -0.1) is 11.3 Å². The maximum absolute atomic E-state index is 13.1. The first kappa shape index (κ1) is 21.4. The van der Waals surface area contributed by atoms with Gasteiger partial charge in [0, 0.05) is 45.0 Å². The van der Waals surface area contributed by atoms with E-state index in [9.17, 15) is 4.79 Å². The van der Waals surface area contributed by atoms with Crippen LogP contribution in [-0.2, 0) is 0 Å². The van der Waals surface area contributed by atoms with E-state index in [1.807, 2.05) is 29.2 Å². The number of rotatable bonds is 4. The molecule has 0 atom stereocenters. The van der Waals surface area contributed by atoms with Crippen molar-refractivity contribution in [3.05, 3.63) is 80.5 Å². The van der Waals surface area contributed by atoms with Gasteiger partial charge in [0.1, 0.15) is 0 Å². The van der Waals surface area contributed by atoms with Crippen LogP contribution in [0.15, 0.2) is 69.2 Å². The van der Waals surface area contributed by atoms with Crippen molar-refractivity contribution in [2.45, 2.75) is 18.8 Å². The predicted molar refractivity (Wildman–Crippen MR) is 130 cm³/mol. The maximum Gasteiger partial charge on any atom is 0.276 e. The number of hydrogen-bond acceptors (Lipinski definition) is 5. The van der Waals surface area contributed by atoms with Crippen LogP contribution in [0.25, 0.3) is 22.6 Å². The Morgan fingerprint density at radius 3 is 2.66 bits per heavy atom. The lowest BCUT2D eigenvalue weighted by Gasteiger charge is -2.30. The number of oxazole rings is 1. The fourth-order valence-electron chi connectivity index (χ4n) is 3.94. The first-order valence-electron chi connectivity index (χ1n) is 10.3. The standard InChI is InChI=1S/C24H19BrClN3O2S/c25-18-3-1-2-17(12-18)20-13-32-23(28-20)16-8-10-29(11-9-16)24(30)21-22(31-14-27-21)15-4-6-19(26)7-5-15/h1-7,12-14,16H,8-11H2. The topological polar surface area (TPSA) is 59.2 Å². The number of benzene rings is 2. The number of carbonyl (C=O) groups excluding carboxylic acids is 1. The molecule has 2 aromatic carbocycles. The molecular formula is C24H19BrClN3O2S. The SMILES string of the molecule is O=C(c1ncoc1-c1ccc(Cl)cc1)N1CCC(c2nc(-c3cccc(Br)c3)cs2)CC1. The van der Waals surface area contributed by atoms with Crippen molar-refractivity contribution in [2.75, 3.05) is 13.1 Å². The fourth-order valence-corrected chi connectivity index (χ4v) is 5.46. The number of halogens is 2. The number of hydrogen-bond donors (Lipinski definition) is 0. The smallest absolute Gasteiger partial charge is 0.276 e. The summed E-state index contributed by atoms with van der Waals surface area (Å²) < 4.78 is 6.58. The summed E-state index contributed by atoms with van der Waals surface area (Å²) in [4.78, 5) is 24.1. The molecule has 3 heterocycles. The first-order chi connectivity index (χ1) is 15.6. The van der Waals surface area contributed by atoms with Crippen LogP contribution >= 0.6 is 38.9 Å². The second-order valence-electron chi connectivity index (χ2n) is 7.68. The van der Waals surface area contributed by atoms with Gasteiger partial charge in [0.25, 0.3) is 5.91 Å². The van der Waals surface area contributed by atoms with E-state index >= 15 is 0 Å². The largest absolute Gasteiger partial charge is 0.443 e. The summed E-state index contributed by atoms with van der Waals surface area (Å²) >= 11 is 11.2. The van der Waals surface area contributed by atoms with Gasteiger partial charge in [0.05, 0.1) is 10.7 Å². The van der Waals surface area contributed by atoms with Crippen LogP contribution in [0, 0.1) is 0 Å². The summed E-state index contributed by atoms with van der Waals surface area (Å²) in [5.74, 6) is 0.737. The van der Waals surface area contributed by atoms with Crippen LogP contribution in [0.2, 0.25) is 5.02 Å². The van der Waals surface area contributed by atoms with Gasteiger partial charge in [0.2, 0.25) is 0 Å². The molecule has 0 bridgehead atoms. The van der Waals surface area contributed by atoms with Crippen LogP contribution in [0.4, 0.5) is 0 Å². The van der Waals surface area contributed by atoms with Crippen molar-refractivity contribution < 1.29 is 9.21 Å². The molecule has 8 heteroatoms. The normalized spacial score (nSPS) is 14.6. The number of aromatic nitrogens is 2. The molecule has 0 radical (unpaired) electrons. The van der Waals surface area contributed by atoms with E-state index < -0.39 is 0 Å². The molecule has 1 saturated heterocycles. The summed E-state index contributed by atoms with van der Waals surface area (Å²) in [7, 11) is 0. The average molecular weight is 529 g/mol. The van der Waals surface area contributed by atoms with E-state index in [1.54, 1.807) is 23.5 Å². The number of thiazole rings is 1. The molecule has 5 nitrogen and oxygen atoms in total. The zero-order valence-corrected chi connectivity index (χ0v) is 20.2. The highest BCUT2D eigenvalue weighted by molar-refractivity contribution is 9.10. The van der Waals surface area contributed by atoms with Gasteiger partial charge >= 0.3 is 0 Å². The van der Waals surface area contributed by atoms with E-state index in [0.717, 1.165) is 39.1 Å². The average Bonchev–Trinajstić information content (AvgIpc) is 3.50. The quantitative estimate of drug-likeness (QED) is 0.289. The van der Waals surface area contributed by atoms with Crippen LogP contribution in [-0.4, -0.2) is 33.9 Å². The summed E-state index contributed by atoms with van der Waals surface area (Å²) in [6.45, 7) is 1.34. The Morgan fingerprint density at radius 1 is 1.12 bits per heavy atom. The third-order valence-electron chi connectivity index (χ3n) is 5.65. The van der Waals surface area contributed by atoms with E-state index in [-0.39, 0.29) is 5.91 Å². The number of nitrogens with zero attached hydrogens (tertiary/aromatic N) is 3. The van der Waals surface area contributed by atoms with E-state index in [2.05, 4.69) is 38.4 Å². The Balaban J connectivity index is 1.26. The monoisotopic (exact) mass is 527 g/mol. The van der Waals surface area contributed by atoms with Crippen molar-refractivity contribution in [2.24, 2.45) is 0 Å². The zero-order valence-electron chi connectivity index (χ0n) is 17.0. The van der Waals surface area contributed by atoms with Crippen molar-refractivity contribution in [1.29, 1.82) is 0 Å². The zero-order chi connectivity index (χ0) is 22.1. The lowest BCUT2D eigenvalue weighted by molar-refractivity contribution is 0.0708. The Hall–Kier alpha value is -2.48. The second-order valence-corrected chi connectivity index (χ2v) is 9.93. The van der Waals surface area contributed by atoms with Gasteiger partial charge in [-0.05, 0) is 49.2 Å². The highest BCUT2D eigenvalue weighted by atomic mass is 79.9. The third-order valence-corrected chi connectivity index (χ3v) is 7.40. The summed E-state index contributed by atoms with van der Waals surface area (Å²) in [6, 6.07) is 15.4. The van der Waals surface area contributed by atoms with Gasteiger partial charge in [-0.25, -0.2) is 9.97 Å². The predicted octanol–water partition coefficient (Wildman–Crippen LogP) is 6.90. The van der Waals surface area contributed by atoms with Crippen LogP contribution in [0.5, 0.6) is 0 Å². The van der Waals surface area contributed by atoms with E-state index in [4.69, 9.17) is 21.0 Å². The Bertz CT molecular complexity index is 1250. The van der Waals surface area contributed by atoms with E-state index in [1.165, 1.54) is 6.39 Å². The second kappa shape index (κ2) is 9.17. The number of likely N-dealkylation sites (tertiary alicyclic amines) is 1. The van der Waals surface area contributed by atoms with E-state index in [0.29, 0.717) is 35.5 Å². The van der Waals surface area contributed by atoms with Crippen LogP contribution in [0.1, 0.15) is 34.3 Å². The molecule has 32 heavy (non-hydrogen) atoms. The highest BCUT2D eigenvalue weighted by Crippen LogP contribution is 2.34. The Labute approximate surface area is 203 Å². The molecule has 5 rings (SSSR count). The molecule has 1 aliphatic heterocycles. The molecular weight excluding hydrogens is 510 g/mol. The lowest BCUT2D eigenvalue weighted by atomic mass is 9.97. The van der Waals surface area contributed by atoms with Crippen molar-refractivity contribution in [3.8, 4) is 22.6 Å². The number of amides is 1. The van der Waals surface area contributed by atoms with Crippen molar-refractivity contribution >= 4 is 44.8 Å². The molecule has 1 fully saturated rings. The maximum atomic E-state index is 13.1. The molecule has 162 valence electrons. The van der Waals surface area contributed by atoms with Gasteiger partial charge in [-0.2, -0.15) is 0 Å². The summed E-state index contributed by atoms with van der Waals surface area (Å²) in [5.41, 5.74) is 3.24. The van der Waals surface area contributed by atoms with Gasteiger partial charge in [0.15, 0.2) is 17.8 Å². The van der Waals surface area contributed by atoms with Gasteiger partial charge < -0.3 is 9.32 Å². The summed E-state index contributed by atoms with van der Waals surface area (Å²) in [6.07, 6.45) is 3.08. The minimum atomic E-state index is -0.101. The summed E-state index contributed by atoms with van der Waals surface area (Å²) in [5, 5.41) is 3.88. The molecule has 1 amide bonds. The minimum absolute atomic E-state index is 0.101. The molecule has 2 aromatic heterocycles. The first-order valence-corrected chi connectivity index (χ1v) is 12.3. The molecule has 4 aromatic rings. The fraction of sp³-hybridized carbons (Fsp3) is 0.208. The van der Waals surface area contributed by atoms with Crippen LogP contribution in [0.3, 0.4) is 0 Å². The molecule has 0 spiro atoms. The van der Waals surface area contributed by atoms with Crippen molar-refractivity contribution in [3.63, 3.8) is 0 Å².